The fraction of sp³-hybridized carbons (Fsp3) is 0.250. The number of halogens is 1. The Morgan fingerprint density at radius 3 is 2.70 bits per heavy atom. The average molecular weight is 384 g/mol. The molecule has 3 aromatic rings. The van der Waals surface area contributed by atoms with E-state index in [9.17, 15) is 4.79 Å². The summed E-state index contributed by atoms with van der Waals surface area (Å²) in [6, 6.07) is 16.4. The summed E-state index contributed by atoms with van der Waals surface area (Å²) in [6.45, 7) is 1.24. The Labute approximate surface area is 161 Å². The maximum atomic E-state index is 12.7. The van der Waals surface area contributed by atoms with Gasteiger partial charge < -0.3 is 14.2 Å². The first kappa shape index (κ1) is 17.5. The maximum Gasteiger partial charge on any atom is 0.359 e. The van der Waals surface area contributed by atoms with Crippen LogP contribution in [0.4, 0.5) is 0 Å². The van der Waals surface area contributed by atoms with Crippen molar-refractivity contribution in [3.8, 4) is 11.8 Å². The summed E-state index contributed by atoms with van der Waals surface area (Å²) in [5.74, 6) is 1.12. The number of carbonyl (C=O) groups excluding carboxylic acids is 1. The lowest BCUT2D eigenvalue weighted by atomic mass is 9.97. The van der Waals surface area contributed by atoms with E-state index < -0.39 is 0 Å². The zero-order valence-corrected chi connectivity index (χ0v) is 15.3. The lowest BCUT2D eigenvalue weighted by molar-refractivity contribution is 0.0695. The molecule has 1 unspecified atom stereocenters. The van der Waals surface area contributed by atoms with Gasteiger partial charge in [-0.3, -0.25) is 4.79 Å². The molecule has 27 heavy (non-hydrogen) atoms. The van der Waals surface area contributed by atoms with Crippen LogP contribution in [0.15, 0.2) is 59.1 Å². The van der Waals surface area contributed by atoms with Crippen LogP contribution in [0.3, 0.4) is 0 Å². The number of para-hydroxylation sites is 1. The SMILES string of the molecule is O=C(c1ccc(Cl)cc1)N1CCCC(c2nc(Oc3ccccc3)no2)C1. The largest absolute Gasteiger partial charge is 0.422 e. The van der Waals surface area contributed by atoms with Crippen molar-refractivity contribution in [3.05, 3.63) is 71.1 Å². The molecule has 0 saturated carbocycles. The zero-order valence-electron chi connectivity index (χ0n) is 14.5. The van der Waals surface area contributed by atoms with Crippen molar-refractivity contribution in [2.45, 2.75) is 18.8 Å². The van der Waals surface area contributed by atoms with Crippen LogP contribution in [-0.2, 0) is 0 Å². The number of nitrogens with zero attached hydrogens (tertiary/aromatic N) is 3. The number of benzene rings is 2. The molecule has 1 aliphatic rings. The van der Waals surface area contributed by atoms with Crippen molar-refractivity contribution < 1.29 is 14.1 Å². The van der Waals surface area contributed by atoms with E-state index in [4.69, 9.17) is 20.9 Å². The maximum absolute atomic E-state index is 12.7. The Morgan fingerprint density at radius 2 is 1.93 bits per heavy atom. The molecule has 2 heterocycles. The number of ether oxygens (including phenoxy) is 1. The monoisotopic (exact) mass is 383 g/mol. The topological polar surface area (TPSA) is 68.5 Å². The lowest BCUT2D eigenvalue weighted by Gasteiger charge is -2.31. The van der Waals surface area contributed by atoms with Crippen LogP contribution in [-0.4, -0.2) is 34.0 Å². The number of carbonyl (C=O) groups is 1. The molecule has 7 heteroatoms. The number of hydrogen-bond acceptors (Lipinski definition) is 5. The van der Waals surface area contributed by atoms with E-state index in [1.165, 1.54) is 0 Å². The molecule has 0 bridgehead atoms. The molecule has 2 aromatic carbocycles. The summed E-state index contributed by atoms with van der Waals surface area (Å²) in [6.07, 6.45) is 1.76. The van der Waals surface area contributed by atoms with E-state index >= 15 is 0 Å². The highest BCUT2D eigenvalue weighted by Gasteiger charge is 2.29. The highest BCUT2D eigenvalue weighted by Crippen LogP contribution is 2.28. The van der Waals surface area contributed by atoms with Crippen LogP contribution in [0.2, 0.25) is 5.02 Å². The van der Waals surface area contributed by atoms with E-state index in [2.05, 4.69) is 10.1 Å². The van der Waals surface area contributed by atoms with E-state index in [0.717, 1.165) is 12.8 Å². The number of rotatable bonds is 4. The quantitative estimate of drug-likeness (QED) is 0.661. The Bertz CT molecular complexity index is 912. The fourth-order valence-electron chi connectivity index (χ4n) is 3.16. The summed E-state index contributed by atoms with van der Waals surface area (Å²) in [7, 11) is 0. The number of aromatic nitrogens is 2. The Kier molecular flexibility index (Phi) is 5.07. The van der Waals surface area contributed by atoms with E-state index in [-0.39, 0.29) is 17.8 Å². The number of hydrogen-bond donors (Lipinski definition) is 0. The van der Waals surface area contributed by atoms with Gasteiger partial charge in [0, 0.05) is 23.7 Å². The molecular weight excluding hydrogens is 366 g/mol. The normalized spacial score (nSPS) is 16.9. The first-order valence-corrected chi connectivity index (χ1v) is 9.18. The van der Waals surface area contributed by atoms with Gasteiger partial charge in [0.05, 0.1) is 5.92 Å². The van der Waals surface area contributed by atoms with Crippen LogP contribution in [0, 0.1) is 0 Å². The second-order valence-electron chi connectivity index (χ2n) is 6.43. The molecule has 1 amide bonds. The van der Waals surface area contributed by atoms with Gasteiger partial charge in [0.2, 0.25) is 5.89 Å². The average Bonchev–Trinajstić information content (AvgIpc) is 3.17. The van der Waals surface area contributed by atoms with Crippen molar-refractivity contribution in [1.82, 2.24) is 15.0 Å². The molecular formula is C20H18ClN3O3. The highest BCUT2D eigenvalue weighted by atomic mass is 35.5. The first-order chi connectivity index (χ1) is 13.2. The van der Waals surface area contributed by atoms with Gasteiger partial charge in [-0.2, -0.15) is 4.98 Å². The molecule has 1 aromatic heterocycles. The summed E-state index contributed by atoms with van der Waals surface area (Å²) >= 11 is 5.90. The summed E-state index contributed by atoms with van der Waals surface area (Å²) in [5, 5.41) is 4.51. The molecule has 138 valence electrons. The van der Waals surface area contributed by atoms with Crippen LogP contribution >= 0.6 is 11.6 Å². The van der Waals surface area contributed by atoms with E-state index in [1.807, 2.05) is 35.2 Å². The molecule has 0 aliphatic carbocycles. The standard InChI is InChI=1S/C20H18ClN3O3/c21-16-10-8-14(9-11-16)19(25)24-12-4-5-15(13-24)18-22-20(23-27-18)26-17-6-2-1-3-7-17/h1-3,6-11,15H,4-5,12-13H2. The third kappa shape index (κ3) is 4.11. The van der Waals surface area contributed by atoms with Crippen molar-refractivity contribution in [2.75, 3.05) is 13.1 Å². The summed E-state index contributed by atoms with van der Waals surface area (Å²) in [5.41, 5.74) is 0.624. The van der Waals surface area contributed by atoms with E-state index in [1.54, 1.807) is 24.3 Å². The minimum atomic E-state index is -0.0170. The van der Waals surface area contributed by atoms with Gasteiger partial charge >= 0.3 is 6.01 Å². The minimum Gasteiger partial charge on any atom is -0.422 e. The van der Waals surface area contributed by atoms with Crippen LogP contribution in [0.1, 0.15) is 35.0 Å². The second kappa shape index (κ2) is 7.80. The molecule has 1 saturated heterocycles. The van der Waals surface area contributed by atoms with E-state index in [0.29, 0.717) is 35.3 Å². The van der Waals surface area contributed by atoms with Gasteiger partial charge in [0.1, 0.15) is 5.75 Å². The molecule has 1 fully saturated rings. The molecule has 0 spiro atoms. The zero-order chi connectivity index (χ0) is 18.6. The molecule has 1 atom stereocenters. The van der Waals surface area contributed by atoms with Crippen LogP contribution in [0.25, 0.3) is 0 Å². The van der Waals surface area contributed by atoms with Crippen LogP contribution < -0.4 is 4.74 Å². The second-order valence-corrected chi connectivity index (χ2v) is 6.86. The molecule has 6 nitrogen and oxygen atoms in total. The molecule has 0 radical (unpaired) electrons. The summed E-state index contributed by atoms with van der Waals surface area (Å²) in [4.78, 5) is 18.9. The van der Waals surface area contributed by atoms with Crippen molar-refractivity contribution >= 4 is 17.5 Å². The Balaban J connectivity index is 1.44. The molecule has 1 aliphatic heterocycles. The number of likely N-dealkylation sites (tertiary alicyclic amines) is 1. The van der Waals surface area contributed by atoms with Crippen molar-refractivity contribution in [2.24, 2.45) is 0 Å². The summed E-state index contributed by atoms with van der Waals surface area (Å²) < 4.78 is 11.0. The van der Waals surface area contributed by atoms with Gasteiger partial charge in [0.25, 0.3) is 5.91 Å². The predicted molar refractivity (Wildman–Crippen MR) is 100 cm³/mol. The third-order valence-corrected chi connectivity index (χ3v) is 4.78. The van der Waals surface area contributed by atoms with Gasteiger partial charge in [-0.1, -0.05) is 29.8 Å². The molecule has 0 N–H and O–H groups in total. The van der Waals surface area contributed by atoms with Crippen molar-refractivity contribution in [1.29, 1.82) is 0 Å². The molecule has 4 rings (SSSR count). The predicted octanol–water partition coefficient (Wildman–Crippen LogP) is 4.54. The van der Waals surface area contributed by atoms with Gasteiger partial charge in [-0.05, 0) is 54.4 Å². The Hall–Kier alpha value is -2.86. The number of piperidine rings is 1. The third-order valence-electron chi connectivity index (χ3n) is 4.52. The fourth-order valence-corrected chi connectivity index (χ4v) is 3.29. The Morgan fingerprint density at radius 1 is 1.15 bits per heavy atom. The first-order valence-electron chi connectivity index (χ1n) is 8.80. The van der Waals surface area contributed by atoms with Gasteiger partial charge in [0.15, 0.2) is 0 Å². The highest BCUT2D eigenvalue weighted by molar-refractivity contribution is 6.30. The smallest absolute Gasteiger partial charge is 0.359 e. The minimum absolute atomic E-state index is 0.00405. The number of amides is 1. The van der Waals surface area contributed by atoms with Gasteiger partial charge in [-0.25, -0.2) is 0 Å². The van der Waals surface area contributed by atoms with Gasteiger partial charge in [-0.15, -0.1) is 0 Å². The van der Waals surface area contributed by atoms with Crippen molar-refractivity contribution in [3.63, 3.8) is 0 Å². The lowest BCUT2D eigenvalue weighted by Crippen LogP contribution is -2.39. The van der Waals surface area contributed by atoms with Crippen LogP contribution in [0.5, 0.6) is 11.8 Å².